The van der Waals surface area contributed by atoms with Gasteiger partial charge < -0.3 is 14.4 Å². The van der Waals surface area contributed by atoms with Crippen molar-refractivity contribution in [1.29, 1.82) is 0 Å². The van der Waals surface area contributed by atoms with Gasteiger partial charge in [0.15, 0.2) is 6.61 Å². The topological polar surface area (TPSA) is 38.8 Å². The number of benzene rings is 2. The van der Waals surface area contributed by atoms with Crippen molar-refractivity contribution in [2.24, 2.45) is 0 Å². The predicted octanol–water partition coefficient (Wildman–Crippen LogP) is 4.19. The zero-order chi connectivity index (χ0) is 16.4. The van der Waals surface area contributed by atoms with E-state index < -0.39 is 0 Å². The van der Waals surface area contributed by atoms with Crippen LogP contribution in [-0.4, -0.2) is 25.2 Å². The molecule has 0 aromatic heterocycles. The Hall–Kier alpha value is -1.91. The van der Waals surface area contributed by atoms with Gasteiger partial charge in [-0.15, -0.1) is 0 Å². The number of ether oxygens (including phenoxy) is 2. The molecule has 2 aromatic carbocycles. The molecule has 3 rings (SSSR count). The molecule has 0 bridgehead atoms. The van der Waals surface area contributed by atoms with E-state index in [4.69, 9.17) is 32.7 Å². The molecule has 1 aliphatic rings. The average molecular weight is 352 g/mol. The van der Waals surface area contributed by atoms with E-state index in [0.717, 1.165) is 5.69 Å². The Kier molecular flexibility index (Phi) is 4.64. The van der Waals surface area contributed by atoms with Crippen LogP contribution >= 0.6 is 23.2 Å². The van der Waals surface area contributed by atoms with Crippen LogP contribution < -0.4 is 14.4 Å². The molecule has 0 radical (unpaired) electrons. The first-order valence-corrected chi connectivity index (χ1v) is 7.94. The Labute approximate surface area is 144 Å². The highest BCUT2D eigenvalue weighted by Gasteiger charge is 2.27. The molecule has 23 heavy (non-hydrogen) atoms. The van der Waals surface area contributed by atoms with Gasteiger partial charge in [0.1, 0.15) is 17.6 Å². The van der Waals surface area contributed by atoms with Gasteiger partial charge in [-0.05, 0) is 37.3 Å². The van der Waals surface area contributed by atoms with E-state index in [1.807, 2.05) is 31.2 Å². The standard InChI is InChI=1S/C17H15Cl2NO3/c1-11-9-20(14-4-2-3-5-16(14)23-11)17(21)10-22-15-7-6-12(18)8-13(15)19/h2-8,11H,9-10H2,1H3/t11-/m0/s1. The van der Waals surface area contributed by atoms with Gasteiger partial charge in [-0.3, -0.25) is 4.79 Å². The number of nitrogens with zero attached hydrogens (tertiary/aromatic N) is 1. The molecule has 0 saturated heterocycles. The molecule has 0 spiro atoms. The SMILES string of the molecule is C[C@H]1CN(C(=O)COc2ccc(Cl)cc2Cl)c2ccccc2O1. The van der Waals surface area contributed by atoms with Gasteiger partial charge >= 0.3 is 0 Å². The highest BCUT2D eigenvalue weighted by Crippen LogP contribution is 2.33. The molecular formula is C17H15Cl2NO3. The minimum absolute atomic E-state index is 0.0760. The summed E-state index contributed by atoms with van der Waals surface area (Å²) in [6, 6.07) is 12.3. The Bertz CT molecular complexity index is 736. The molecule has 1 amide bonds. The number of amides is 1. The lowest BCUT2D eigenvalue weighted by Gasteiger charge is -2.33. The number of fused-ring (bicyclic) bond motifs is 1. The minimum atomic E-state index is -0.154. The fraction of sp³-hybridized carbons (Fsp3) is 0.235. The van der Waals surface area contributed by atoms with E-state index in [-0.39, 0.29) is 18.6 Å². The maximum absolute atomic E-state index is 12.5. The molecule has 0 saturated carbocycles. The van der Waals surface area contributed by atoms with E-state index in [1.54, 1.807) is 23.1 Å². The molecule has 1 heterocycles. The third-order valence-corrected chi connectivity index (χ3v) is 4.00. The summed E-state index contributed by atoms with van der Waals surface area (Å²) in [6.45, 7) is 2.29. The molecule has 1 aliphatic heterocycles. The number of anilines is 1. The minimum Gasteiger partial charge on any atom is -0.487 e. The molecule has 0 fully saturated rings. The highest BCUT2D eigenvalue weighted by molar-refractivity contribution is 6.35. The van der Waals surface area contributed by atoms with E-state index in [2.05, 4.69) is 0 Å². The first kappa shape index (κ1) is 16.0. The summed E-state index contributed by atoms with van der Waals surface area (Å²) >= 11 is 11.9. The second kappa shape index (κ2) is 6.69. The van der Waals surface area contributed by atoms with Crippen LogP contribution in [0.25, 0.3) is 0 Å². The molecule has 1 atom stereocenters. The maximum atomic E-state index is 12.5. The van der Waals surface area contributed by atoms with Crippen LogP contribution in [0.1, 0.15) is 6.92 Å². The molecule has 0 unspecified atom stereocenters. The van der Waals surface area contributed by atoms with Crippen LogP contribution in [0.2, 0.25) is 10.0 Å². The summed E-state index contributed by atoms with van der Waals surface area (Å²) in [6.07, 6.45) is -0.0760. The van der Waals surface area contributed by atoms with Crippen molar-refractivity contribution in [3.63, 3.8) is 0 Å². The number of carbonyl (C=O) groups is 1. The summed E-state index contributed by atoms with van der Waals surface area (Å²) < 4.78 is 11.3. The number of carbonyl (C=O) groups excluding carboxylic acids is 1. The summed E-state index contributed by atoms with van der Waals surface area (Å²) in [5, 5.41) is 0.894. The maximum Gasteiger partial charge on any atom is 0.265 e. The predicted molar refractivity (Wildman–Crippen MR) is 90.8 cm³/mol. The third kappa shape index (κ3) is 3.54. The molecule has 6 heteroatoms. The normalized spacial score (nSPS) is 16.5. The number of halogens is 2. The van der Waals surface area contributed by atoms with Gasteiger partial charge in [0, 0.05) is 5.02 Å². The van der Waals surface area contributed by atoms with Gasteiger partial charge in [-0.2, -0.15) is 0 Å². The van der Waals surface area contributed by atoms with E-state index in [1.165, 1.54) is 0 Å². The Morgan fingerprint density at radius 3 is 2.87 bits per heavy atom. The lowest BCUT2D eigenvalue weighted by molar-refractivity contribution is -0.121. The van der Waals surface area contributed by atoms with Gasteiger partial charge in [0.05, 0.1) is 17.3 Å². The van der Waals surface area contributed by atoms with E-state index in [0.29, 0.717) is 28.1 Å². The fourth-order valence-electron chi connectivity index (χ4n) is 2.44. The summed E-state index contributed by atoms with van der Waals surface area (Å²) in [4.78, 5) is 14.2. The van der Waals surface area contributed by atoms with Crippen LogP contribution in [0.15, 0.2) is 42.5 Å². The molecule has 2 aromatic rings. The van der Waals surface area contributed by atoms with Gasteiger partial charge in [-0.1, -0.05) is 35.3 Å². The van der Waals surface area contributed by atoms with Crippen molar-refractivity contribution >= 4 is 34.8 Å². The number of para-hydroxylation sites is 2. The average Bonchev–Trinajstić information content (AvgIpc) is 2.53. The van der Waals surface area contributed by atoms with Crippen molar-refractivity contribution in [3.05, 3.63) is 52.5 Å². The van der Waals surface area contributed by atoms with Crippen molar-refractivity contribution in [2.75, 3.05) is 18.1 Å². The van der Waals surface area contributed by atoms with E-state index >= 15 is 0 Å². The monoisotopic (exact) mass is 351 g/mol. The lowest BCUT2D eigenvalue weighted by atomic mass is 10.2. The summed E-state index contributed by atoms with van der Waals surface area (Å²) in [7, 11) is 0. The van der Waals surface area contributed by atoms with Crippen LogP contribution in [0, 0.1) is 0 Å². The fourth-order valence-corrected chi connectivity index (χ4v) is 2.90. The van der Waals surface area contributed by atoms with Crippen LogP contribution in [-0.2, 0) is 4.79 Å². The van der Waals surface area contributed by atoms with Gasteiger partial charge in [0.2, 0.25) is 0 Å². The Balaban J connectivity index is 1.73. The molecular weight excluding hydrogens is 337 g/mol. The zero-order valence-electron chi connectivity index (χ0n) is 12.5. The van der Waals surface area contributed by atoms with Crippen LogP contribution in [0.4, 0.5) is 5.69 Å². The number of hydrogen-bond acceptors (Lipinski definition) is 3. The van der Waals surface area contributed by atoms with Gasteiger partial charge in [0.25, 0.3) is 5.91 Å². The van der Waals surface area contributed by atoms with Gasteiger partial charge in [-0.25, -0.2) is 0 Å². The summed E-state index contributed by atoms with van der Waals surface area (Å²) in [5.74, 6) is 0.974. The quantitative estimate of drug-likeness (QED) is 0.832. The molecule has 120 valence electrons. The second-order valence-corrected chi connectivity index (χ2v) is 6.11. The van der Waals surface area contributed by atoms with E-state index in [9.17, 15) is 4.79 Å². The van der Waals surface area contributed by atoms with Crippen LogP contribution in [0.5, 0.6) is 11.5 Å². The largest absolute Gasteiger partial charge is 0.487 e. The molecule has 0 N–H and O–H groups in total. The van der Waals surface area contributed by atoms with Crippen molar-refractivity contribution in [3.8, 4) is 11.5 Å². The second-order valence-electron chi connectivity index (χ2n) is 5.26. The van der Waals surface area contributed by atoms with Crippen LogP contribution in [0.3, 0.4) is 0 Å². The Morgan fingerprint density at radius 2 is 2.09 bits per heavy atom. The zero-order valence-corrected chi connectivity index (χ0v) is 14.0. The highest BCUT2D eigenvalue weighted by atomic mass is 35.5. The number of rotatable bonds is 3. The van der Waals surface area contributed by atoms with Crippen molar-refractivity contribution in [2.45, 2.75) is 13.0 Å². The Morgan fingerprint density at radius 1 is 1.30 bits per heavy atom. The van der Waals surface area contributed by atoms with Crippen molar-refractivity contribution < 1.29 is 14.3 Å². The third-order valence-electron chi connectivity index (χ3n) is 3.47. The lowest BCUT2D eigenvalue weighted by Crippen LogP contribution is -2.44. The molecule has 4 nitrogen and oxygen atoms in total. The van der Waals surface area contributed by atoms with Crippen molar-refractivity contribution in [1.82, 2.24) is 0 Å². The number of hydrogen-bond donors (Lipinski definition) is 0. The first-order chi connectivity index (χ1) is 11.0. The first-order valence-electron chi connectivity index (χ1n) is 7.18. The smallest absolute Gasteiger partial charge is 0.265 e. The summed E-state index contributed by atoms with van der Waals surface area (Å²) in [5.41, 5.74) is 0.751. The molecule has 0 aliphatic carbocycles.